The number of hydrogen-bond donors (Lipinski definition) is 1. The summed E-state index contributed by atoms with van der Waals surface area (Å²) in [5.74, 6) is -1.87. The maximum absolute atomic E-state index is 12.3. The lowest BCUT2D eigenvalue weighted by atomic mass is 10.1. The first kappa shape index (κ1) is 21.7. The highest BCUT2D eigenvalue weighted by Crippen LogP contribution is 2.32. The van der Waals surface area contributed by atoms with Gasteiger partial charge in [0.25, 0.3) is 15.9 Å². The smallest absolute Gasteiger partial charge is 0.341 e. The summed E-state index contributed by atoms with van der Waals surface area (Å²) in [7, 11) is -2.24. The molecule has 1 N–H and O–H groups in total. The molecular formula is C18H19N3O7S2. The molecule has 0 saturated carbocycles. The quantitative estimate of drug-likeness (QED) is 0.657. The molecule has 3 rings (SSSR count). The Labute approximate surface area is 176 Å². The lowest BCUT2D eigenvalue weighted by Crippen LogP contribution is -2.37. The van der Waals surface area contributed by atoms with Crippen molar-refractivity contribution in [2.45, 2.75) is 13.8 Å². The summed E-state index contributed by atoms with van der Waals surface area (Å²) in [5, 5.41) is 2.89. The number of methoxy groups -OCH3 is 1. The van der Waals surface area contributed by atoms with Crippen molar-refractivity contribution in [3.63, 3.8) is 0 Å². The molecule has 0 atom stereocenters. The van der Waals surface area contributed by atoms with E-state index in [4.69, 9.17) is 9.47 Å². The van der Waals surface area contributed by atoms with Crippen molar-refractivity contribution < 1.29 is 32.3 Å². The van der Waals surface area contributed by atoms with Crippen molar-refractivity contribution in [2.75, 3.05) is 31.3 Å². The van der Waals surface area contributed by atoms with Crippen LogP contribution in [-0.4, -0.2) is 63.0 Å². The molecule has 2 aliphatic heterocycles. The van der Waals surface area contributed by atoms with E-state index < -0.39 is 34.5 Å². The number of amides is 1. The summed E-state index contributed by atoms with van der Waals surface area (Å²) in [6.45, 7) is 3.17. The number of carbonyl (C=O) groups is 3. The SMILES string of the molecule is COC(=O)c1c(NC(=O)COC(=O)C2=CN3CCS(=O)(=O)N=C3C=C2)sc(C)c1C. The molecular weight excluding hydrogens is 434 g/mol. The van der Waals surface area contributed by atoms with E-state index in [-0.39, 0.29) is 29.3 Å². The summed E-state index contributed by atoms with van der Waals surface area (Å²) in [4.78, 5) is 38.8. The average molecular weight is 453 g/mol. The fourth-order valence-electron chi connectivity index (χ4n) is 2.76. The Balaban J connectivity index is 1.62. The van der Waals surface area contributed by atoms with E-state index >= 15 is 0 Å². The molecule has 2 aliphatic rings. The third-order valence-electron chi connectivity index (χ3n) is 4.42. The first-order valence-electron chi connectivity index (χ1n) is 8.75. The summed E-state index contributed by atoms with van der Waals surface area (Å²) in [6.07, 6.45) is 4.19. The zero-order valence-corrected chi connectivity index (χ0v) is 18.1. The third-order valence-corrected chi connectivity index (χ3v) is 6.71. The number of anilines is 1. The van der Waals surface area contributed by atoms with Gasteiger partial charge >= 0.3 is 11.9 Å². The highest BCUT2D eigenvalue weighted by atomic mass is 32.2. The fraction of sp³-hybridized carbons (Fsp3) is 0.333. The van der Waals surface area contributed by atoms with Gasteiger partial charge in [0.1, 0.15) is 10.8 Å². The molecule has 160 valence electrons. The van der Waals surface area contributed by atoms with Gasteiger partial charge in [-0.3, -0.25) is 4.79 Å². The van der Waals surface area contributed by atoms with Gasteiger partial charge in [0, 0.05) is 17.6 Å². The number of nitrogens with zero attached hydrogens (tertiary/aromatic N) is 2. The zero-order valence-electron chi connectivity index (χ0n) is 16.4. The van der Waals surface area contributed by atoms with Crippen LogP contribution in [0, 0.1) is 13.8 Å². The Bertz CT molecular complexity index is 1110. The number of nitrogens with one attached hydrogen (secondary N) is 1. The number of carbonyl (C=O) groups excluding carboxylic acids is 3. The van der Waals surface area contributed by atoms with Crippen LogP contribution < -0.4 is 5.32 Å². The predicted molar refractivity (Wildman–Crippen MR) is 110 cm³/mol. The van der Waals surface area contributed by atoms with E-state index in [1.165, 1.54) is 41.7 Å². The van der Waals surface area contributed by atoms with Crippen LogP contribution in [0.2, 0.25) is 0 Å². The minimum atomic E-state index is -3.49. The van der Waals surface area contributed by atoms with Gasteiger partial charge in [-0.25, -0.2) is 18.0 Å². The Morgan fingerprint density at radius 1 is 1.23 bits per heavy atom. The van der Waals surface area contributed by atoms with Crippen molar-refractivity contribution in [3.8, 4) is 0 Å². The first-order chi connectivity index (χ1) is 14.1. The van der Waals surface area contributed by atoms with E-state index in [1.54, 1.807) is 6.92 Å². The van der Waals surface area contributed by atoms with Gasteiger partial charge in [0.2, 0.25) is 0 Å². The Hall–Kier alpha value is -2.99. The van der Waals surface area contributed by atoms with Crippen LogP contribution in [0.25, 0.3) is 0 Å². The number of ether oxygens (including phenoxy) is 2. The zero-order chi connectivity index (χ0) is 22.1. The molecule has 0 bridgehead atoms. The van der Waals surface area contributed by atoms with E-state index in [9.17, 15) is 22.8 Å². The number of amidine groups is 1. The van der Waals surface area contributed by atoms with Crippen LogP contribution in [0.5, 0.6) is 0 Å². The van der Waals surface area contributed by atoms with Gasteiger partial charge in [-0.2, -0.15) is 0 Å². The van der Waals surface area contributed by atoms with Gasteiger partial charge in [-0.15, -0.1) is 15.7 Å². The Morgan fingerprint density at radius 2 is 1.97 bits per heavy atom. The summed E-state index contributed by atoms with van der Waals surface area (Å²) in [6, 6.07) is 0. The highest BCUT2D eigenvalue weighted by Gasteiger charge is 2.26. The Kier molecular flexibility index (Phi) is 6.08. The highest BCUT2D eigenvalue weighted by molar-refractivity contribution is 7.90. The minimum absolute atomic E-state index is 0.152. The monoisotopic (exact) mass is 453 g/mol. The minimum Gasteiger partial charge on any atom is -0.465 e. The molecule has 0 aromatic carbocycles. The third kappa shape index (κ3) is 4.60. The van der Waals surface area contributed by atoms with Crippen LogP contribution in [0.1, 0.15) is 20.8 Å². The molecule has 0 radical (unpaired) electrons. The topological polar surface area (TPSA) is 131 Å². The number of aryl methyl sites for hydroxylation is 1. The predicted octanol–water partition coefficient (Wildman–Crippen LogP) is 1.13. The molecule has 10 nitrogen and oxygen atoms in total. The molecule has 3 heterocycles. The van der Waals surface area contributed by atoms with Crippen LogP contribution in [0.15, 0.2) is 28.3 Å². The molecule has 12 heteroatoms. The van der Waals surface area contributed by atoms with E-state index in [1.807, 2.05) is 6.92 Å². The summed E-state index contributed by atoms with van der Waals surface area (Å²) in [5.41, 5.74) is 1.13. The van der Waals surface area contributed by atoms with Crippen molar-refractivity contribution in [1.29, 1.82) is 0 Å². The number of fused-ring (bicyclic) bond motifs is 1. The second-order valence-corrected chi connectivity index (χ2v) is 9.43. The second-order valence-electron chi connectivity index (χ2n) is 6.45. The van der Waals surface area contributed by atoms with Gasteiger partial charge < -0.3 is 19.7 Å². The van der Waals surface area contributed by atoms with Crippen molar-refractivity contribution in [2.24, 2.45) is 4.40 Å². The molecule has 0 unspecified atom stereocenters. The number of hydrogen-bond acceptors (Lipinski definition) is 9. The molecule has 30 heavy (non-hydrogen) atoms. The standard InChI is InChI=1S/C18H19N3O7S2/c1-10-11(2)29-16(15(10)18(24)27-3)19-14(22)9-28-17(23)12-4-5-13-20-30(25,26)7-6-21(13)8-12/h4-5,8H,6-7,9H2,1-3H3,(H,19,22). The average Bonchev–Trinajstić information content (AvgIpc) is 2.97. The van der Waals surface area contributed by atoms with Gasteiger partial charge in [0.15, 0.2) is 6.61 Å². The lowest BCUT2D eigenvalue weighted by molar-refractivity contribution is -0.143. The largest absolute Gasteiger partial charge is 0.465 e. The maximum atomic E-state index is 12.3. The van der Waals surface area contributed by atoms with Crippen molar-refractivity contribution in [3.05, 3.63) is 39.9 Å². The molecule has 0 spiro atoms. The van der Waals surface area contributed by atoms with Gasteiger partial charge in [-0.1, -0.05) is 0 Å². The normalized spacial score (nSPS) is 16.8. The molecule has 0 aliphatic carbocycles. The summed E-state index contributed by atoms with van der Waals surface area (Å²) < 4.78 is 36.5. The molecule has 1 amide bonds. The first-order valence-corrected chi connectivity index (χ1v) is 11.2. The van der Waals surface area contributed by atoms with Crippen molar-refractivity contribution in [1.82, 2.24) is 4.90 Å². The Morgan fingerprint density at radius 3 is 2.67 bits per heavy atom. The van der Waals surface area contributed by atoms with Crippen LogP contribution in [0.4, 0.5) is 5.00 Å². The van der Waals surface area contributed by atoms with E-state index in [0.717, 1.165) is 4.88 Å². The van der Waals surface area contributed by atoms with Crippen LogP contribution in [0.3, 0.4) is 0 Å². The fourth-order valence-corrected chi connectivity index (χ4v) is 4.80. The molecule has 0 fully saturated rings. The maximum Gasteiger partial charge on any atom is 0.341 e. The molecule has 1 aromatic heterocycles. The molecule has 1 aromatic rings. The van der Waals surface area contributed by atoms with E-state index in [2.05, 4.69) is 9.71 Å². The van der Waals surface area contributed by atoms with Crippen LogP contribution in [-0.2, 0) is 29.1 Å². The second kappa shape index (κ2) is 8.40. The van der Waals surface area contributed by atoms with Crippen molar-refractivity contribution >= 4 is 50.0 Å². The number of thiophene rings is 1. The van der Waals surface area contributed by atoms with E-state index in [0.29, 0.717) is 10.6 Å². The van der Waals surface area contributed by atoms with Gasteiger partial charge in [-0.05, 0) is 31.6 Å². The molecule has 0 saturated heterocycles. The van der Waals surface area contributed by atoms with Gasteiger partial charge in [0.05, 0.1) is 24.0 Å². The number of esters is 2. The number of rotatable bonds is 5. The number of sulfonamides is 1. The lowest BCUT2D eigenvalue weighted by Gasteiger charge is -2.26. The van der Waals surface area contributed by atoms with Crippen LogP contribution >= 0.6 is 11.3 Å². The summed E-state index contributed by atoms with van der Waals surface area (Å²) >= 11 is 1.22.